The highest BCUT2D eigenvalue weighted by Crippen LogP contribution is 2.44. The fourth-order valence-corrected chi connectivity index (χ4v) is 15.1. The molecule has 0 bridgehead atoms. The minimum Gasteiger partial charge on any atom is -0.323 e. The summed E-state index contributed by atoms with van der Waals surface area (Å²) in [6, 6.07) is 41.8. The summed E-state index contributed by atoms with van der Waals surface area (Å²) in [5.41, 5.74) is 6.82. The number of hydrogen-bond donors (Lipinski definition) is 8. The first-order valence-corrected chi connectivity index (χ1v) is 37.2. The highest BCUT2D eigenvalue weighted by Gasteiger charge is 2.38. The second-order valence-electron chi connectivity index (χ2n) is 27.8. The van der Waals surface area contributed by atoms with Crippen LogP contribution in [-0.2, 0) is 69.9 Å². The van der Waals surface area contributed by atoms with Crippen LogP contribution in [0.1, 0.15) is 87.4 Å². The molecule has 4 aliphatic rings. The number of aromatic nitrogens is 16. The van der Waals surface area contributed by atoms with Gasteiger partial charge in [-0.1, -0.05) is 96.5 Å². The first-order chi connectivity index (χ1) is 56.4. The zero-order valence-corrected chi connectivity index (χ0v) is 61.6. The summed E-state index contributed by atoms with van der Waals surface area (Å²) in [5, 5.41) is 43.1. The van der Waals surface area contributed by atoms with Gasteiger partial charge in [-0.3, -0.25) is 20.4 Å². The van der Waals surface area contributed by atoms with E-state index in [9.17, 15) is 57.1 Å². The number of rotatable bonds is 12. The molecule has 0 radical (unpaired) electrons. The van der Waals surface area contributed by atoms with Gasteiger partial charge in [0.15, 0.2) is 52.4 Å². The number of benzene rings is 8. The Kier molecular flexibility index (Phi) is 20.2. The van der Waals surface area contributed by atoms with Crippen LogP contribution >= 0.6 is 11.6 Å². The lowest BCUT2D eigenvalue weighted by atomic mass is 10.1. The second kappa shape index (κ2) is 31.0. The lowest BCUT2D eigenvalue weighted by Gasteiger charge is -2.15. The van der Waals surface area contributed by atoms with Crippen molar-refractivity contribution in [3.8, 4) is 45.6 Å². The van der Waals surface area contributed by atoms with E-state index in [4.69, 9.17) is 21.6 Å². The molecule has 117 heavy (non-hydrogen) atoms. The largest absolute Gasteiger partial charge is 0.417 e. The topological polar surface area (TPSA) is 266 Å². The smallest absolute Gasteiger partial charge is 0.323 e. The van der Waals surface area contributed by atoms with Gasteiger partial charge in [-0.25, -0.2) is 57.4 Å². The SMILES string of the molecule is FC(F)(F)c1ccccc1-c1nc2c(c(Nc3n[nH]c4ccccc34)n1)CCC2.Fc1cc(F)c2[nH]nc(Nc3nc(-c4ccccc4C(F)(F)F)nc4c3CCC4)c2c1.Fc1ccc2[nH]nc(Nc3nc(-c4ccccc4Cl)nc4c3CCC4)c2c1.Fc1cccc2c(Nc3nc(-c4ccccc4C(F)(F)F)nc4c3CCC4)n[nH]c12. The Morgan fingerprint density at radius 3 is 1.09 bits per heavy atom. The highest BCUT2D eigenvalue weighted by molar-refractivity contribution is 6.33. The van der Waals surface area contributed by atoms with Gasteiger partial charge in [0.25, 0.3) is 0 Å². The Morgan fingerprint density at radius 2 is 0.641 bits per heavy atom. The number of para-hydroxylation sites is 2. The number of nitrogens with zero attached hydrogens (tertiary/aromatic N) is 12. The summed E-state index contributed by atoms with van der Waals surface area (Å²) in [4.78, 5) is 36.0. The van der Waals surface area contributed by atoms with Crippen LogP contribution in [0.15, 0.2) is 170 Å². The molecule has 8 N–H and O–H groups in total. The fourth-order valence-electron chi connectivity index (χ4n) is 14.9. The van der Waals surface area contributed by atoms with E-state index < -0.39 is 52.7 Å². The van der Waals surface area contributed by atoms with Crippen LogP contribution in [0.25, 0.3) is 89.2 Å². The number of aromatic amines is 4. The standard InChI is InChI=1S/C21H14F5N5.C21H15F4N5.C21H16F3N5.C20H15ClFN5/c22-10-8-13-17(15(23)9-10)30-31-20(13)29-19-12-5-3-7-16(12)27-18(28-19)11-4-1-2-6-14(11)21(24,25)26;22-15-9-3-7-13-17(15)29-30-20(13)28-19-12-6-4-10-16(12)26-18(27-19)11-5-1-2-8-14(11)21(23,24)25;22-21(23,24)15-9-3-1-6-12(15)18-25-16-11-5-8-13(16)19(26-18)27-20-14-7-2-4-10-17(14)28-29-20;21-15-6-2-1-4-12(15)18-23-16-7-3-5-13(16)19(24-18)25-20-14-10-11(22)8-9-17(14)26-27-20/h1-2,4,6,8-9H,3,5,7H2,(H2,27,28,29,30,31);1-3,5,7-9H,4,6,10H2,(H2,26,27,28,29,30);1-4,6-7,9-10H,5,8,11H2,(H2,25,26,27,28,29);1-2,4,6,8-10H,3,5,7H2,(H2,23,24,25,26,27). The van der Waals surface area contributed by atoms with Gasteiger partial charge in [0, 0.05) is 89.5 Å². The van der Waals surface area contributed by atoms with Crippen molar-refractivity contribution in [2.24, 2.45) is 0 Å². The number of aryl methyl sites for hydroxylation is 4. The molecule has 0 unspecified atom stereocenters. The van der Waals surface area contributed by atoms with Crippen molar-refractivity contribution < 1.29 is 57.1 Å². The van der Waals surface area contributed by atoms with E-state index in [0.717, 1.165) is 137 Å². The Balaban J connectivity index is 0.000000112. The van der Waals surface area contributed by atoms with Crippen LogP contribution in [0.3, 0.4) is 0 Å². The maximum Gasteiger partial charge on any atom is 0.417 e. The van der Waals surface area contributed by atoms with E-state index in [1.165, 1.54) is 66.7 Å². The molecule has 0 saturated heterocycles. The van der Waals surface area contributed by atoms with E-state index in [-0.39, 0.29) is 68.0 Å². The number of nitrogens with one attached hydrogen (secondary N) is 8. The van der Waals surface area contributed by atoms with E-state index in [1.807, 2.05) is 48.5 Å². The third-order valence-corrected chi connectivity index (χ3v) is 20.7. The van der Waals surface area contributed by atoms with Crippen LogP contribution in [0.4, 0.5) is 104 Å². The average molecular weight is 1620 g/mol. The van der Waals surface area contributed by atoms with Gasteiger partial charge in [-0.2, -0.15) is 59.9 Å². The van der Waals surface area contributed by atoms with Crippen LogP contribution in [0.2, 0.25) is 5.02 Å². The quantitative estimate of drug-likeness (QED) is 0.0529. The van der Waals surface area contributed by atoms with Crippen molar-refractivity contribution in [2.45, 2.75) is 95.6 Å². The molecular weight excluding hydrogens is 1560 g/mol. The molecule has 0 amide bonds. The molecule has 20 rings (SSSR count). The molecule has 0 saturated carbocycles. The maximum absolute atomic E-state index is 14.0. The number of fused-ring (bicyclic) bond motifs is 8. The van der Waals surface area contributed by atoms with Gasteiger partial charge >= 0.3 is 18.5 Å². The number of halogens is 14. The lowest BCUT2D eigenvalue weighted by Crippen LogP contribution is -2.10. The predicted octanol–water partition coefficient (Wildman–Crippen LogP) is 21.3. The molecule has 0 atom stereocenters. The first kappa shape index (κ1) is 76.2. The summed E-state index contributed by atoms with van der Waals surface area (Å²) in [7, 11) is 0. The Bertz CT molecular complexity index is 6510. The molecular formula is C83H60ClF13N20. The third kappa shape index (κ3) is 15.5. The van der Waals surface area contributed by atoms with Crippen molar-refractivity contribution in [3.63, 3.8) is 0 Å². The molecule has 16 aromatic rings. The van der Waals surface area contributed by atoms with E-state index in [0.29, 0.717) is 93.6 Å². The number of anilines is 8. The van der Waals surface area contributed by atoms with Crippen molar-refractivity contribution in [3.05, 3.63) is 260 Å². The van der Waals surface area contributed by atoms with Gasteiger partial charge < -0.3 is 21.3 Å². The highest BCUT2D eigenvalue weighted by atomic mass is 35.5. The molecule has 590 valence electrons. The summed E-state index contributed by atoms with van der Waals surface area (Å²) in [6.07, 6.45) is -4.17. The molecule has 0 spiro atoms. The predicted molar refractivity (Wildman–Crippen MR) is 415 cm³/mol. The zero-order chi connectivity index (χ0) is 81.0. The number of H-pyrrole nitrogens is 4. The number of hydrogen-bond acceptors (Lipinski definition) is 16. The van der Waals surface area contributed by atoms with E-state index >= 15 is 0 Å². The summed E-state index contributed by atoms with van der Waals surface area (Å²) < 4.78 is 177. The van der Waals surface area contributed by atoms with Crippen molar-refractivity contribution in [1.82, 2.24) is 80.7 Å². The van der Waals surface area contributed by atoms with Crippen LogP contribution in [0, 0.1) is 23.3 Å². The van der Waals surface area contributed by atoms with E-state index in [2.05, 4.69) is 92.0 Å². The molecule has 8 aromatic carbocycles. The van der Waals surface area contributed by atoms with Crippen LogP contribution in [-0.4, -0.2) is 80.7 Å². The maximum atomic E-state index is 14.0. The molecule has 8 heterocycles. The molecule has 0 aliphatic heterocycles. The van der Waals surface area contributed by atoms with Crippen LogP contribution < -0.4 is 21.3 Å². The monoisotopic (exact) mass is 1620 g/mol. The second-order valence-corrected chi connectivity index (χ2v) is 28.2. The fraction of sp³-hybridized carbons (Fsp3) is 0.181. The third-order valence-electron chi connectivity index (χ3n) is 20.3. The molecule has 4 aliphatic carbocycles. The molecule has 34 heteroatoms. The molecule has 20 nitrogen and oxygen atoms in total. The van der Waals surface area contributed by atoms with Gasteiger partial charge in [-0.05, 0) is 156 Å². The summed E-state index contributed by atoms with van der Waals surface area (Å²) in [6.45, 7) is 0. The van der Waals surface area contributed by atoms with E-state index in [1.54, 1.807) is 24.3 Å². The minimum absolute atomic E-state index is 0.00269. The van der Waals surface area contributed by atoms with Gasteiger partial charge in [-0.15, -0.1) is 0 Å². The van der Waals surface area contributed by atoms with Gasteiger partial charge in [0.2, 0.25) is 0 Å². The molecule has 0 fully saturated rings. The average Bonchev–Trinajstić information content (AvgIpc) is 1.31. The normalized spacial score (nSPS) is 13.5. The van der Waals surface area contributed by atoms with Crippen molar-refractivity contribution in [1.29, 1.82) is 0 Å². The van der Waals surface area contributed by atoms with Gasteiger partial charge in [0.05, 0.1) is 38.1 Å². The lowest BCUT2D eigenvalue weighted by molar-refractivity contribution is -0.137. The van der Waals surface area contributed by atoms with Gasteiger partial charge in [0.1, 0.15) is 51.8 Å². The summed E-state index contributed by atoms with van der Waals surface area (Å²) in [5.74, 6) is 1.72. The van der Waals surface area contributed by atoms with Crippen LogP contribution in [0.5, 0.6) is 0 Å². The Morgan fingerprint density at radius 1 is 0.291 bits per heavy atom. The Labute approximate surface area is 658 Å². The summed E-state index contributed by atoms with van der Waals surface area (Å²) >= 11 is 6.34. The van der Waals surface area contributed by atoms with Crippen molar-refractivity contribution >= 4 is 102 Å². The molecule has 8 aromatic heterocycles. The minimum atomic E-state index is -4.57. The first-order valence-electron chi connectivity index (χ1n) is 36.9. The number of alkyl halides is 9. The van der Waals surface area contributed by atoms with Crippen molar-refractivity contribution in [2.75, 3.05) is 21.3 Å². The Hall–Kier alpha value is -13.5. The zero-order valence-electron chi connectivity index (χ0n) is 60.8.